The van der Waals surface area contributed by atoms with Gasteiger partial charge >= 0.3 is 0 Å². The lowest BCUT2D eigenvalue weighted by Crippen LogP contribution is -2.26. The number of anilines is 1. The van der Waals surface area contributed by atoms with Crippen LogP contribution in [0.2, 0.25) is 0 Å². The summed E-state index contributed by atoms with van der Waals surface area (Å²) in [7, 11) is 0. The largest absolute Gasteiger partial charge is 0.490 e. The van der Waals surface area contributed by atoms with Gasteiger partial charge in [0, 0.05) is 13.1 Å². The zero-order chi connectivity index (χ0) is 12.1. The molecule has 0 saturated carbocycles. The van der Waals surface area contributed by atoms with Gasteiger partial charge in [-0.25, -0.2) is 0 Å². The molecule has 1 atom stereocenters. The second kappa shape index (κ2) is 5.92. The monoisotopic (exact) mass is 234 g/mol. The number of nitrogen functional groups attached to an aromatic ring is 1. The number of likely N-dealkylation sites (tertiary alicyclic amines) is 1. The van der Waals surface area contributed by atoms with Crippen LogP contribution in [0.25, 0.3) is 0 Å². The number of ether oxygens (including phenoxy) is 1. The molecule has 3 heteroatoms. The van der Waals surface area contributed by atoms with Crippen LogP contribution in [0.5, 0.6) is 5.75 Å². The summed E-state index contributed by atoms with van der Waals surface area (Å²) < 4.78 is 5.70. The quantitative estimate of drug-likeness (QED) is 0.795. The Morgan fingerprint density at radius 2 is 2.24 bits per heavy atom. The Labute approximate surface area is 104 Å². The molecule has 1 aromatic rings. The van der Waals surface area contributed by atoms with Gasteiger partial charge in [0.1, 0.15) is 12.4 Å². The molecule has 0 bridgehead atoms. The van der Waals surface area contributed by atoms with E-state index in [2.05, 4.69) is 11.8 Å². The van der Waals surface area contributed by atoms with Gasteiger partial charge in [-0.1, -0.05) is 25.5 Å². The molecule has 1 unspecified atom stereocenters. The topological polar surface area (TPSA) is 38.5 Å². The van der Waals surface area contributed by atoms with Gasteiger partial charge in [-0.15, -0.1) is 0 Å². The second-order valence-corrected chi connectivity index (χ2v) is 4.75. The van der Waals surface area contributed by atoms with Crippen LogP contribution in [0.1, 0.15) is 19.8 Å². The van der Waals surface area contributed by atoms with E-state index >= 15 is 0 Å². The number of nitrogens with two attached hydrogens (primary N) is 1. The summed E-state index contributed by atoms with van der Waals surface area (Å²) in [5.41, 5.74) is 6.54. The van der Waals surface area contributed by atoms with E-state index in [1.54, 1.807) is 0 Å². The van der Waals surface area contributed by atoms with Crippen molar-refractivity contribution < 1.29 is 4.74 Å². The van der Waals surface area contributed by atoms with Gasteiger partial charge in [-0.3, -0.25) is 4.90 Å². The van der Waals surface area contributed by atoms with Crippen molar-refractivity contribution in [1.82, 2.24) is 4.90 Å². The fraction of sp³-hybridized carbons (Fsp3) is 0.571. The Morgan fingerprint density at radius 1 is 1.41 bits per heavy atom. The van der Waals surface area contributed by atoms with Crippen molar-refractivity contribution in [2.45, 2.75) is 19.8 Å². The standard InChI is InChI=1S/C14H22N2O/c1-2-12-7-8-16(11-12)9-10-17-14-6-4-3-5-13(14)15/h3-6,12H,2,7-11,15H2,1H3. The number of para-hydroxylation sites is 2. The van der Waals surface area contributed by atoms with Crippen LogP contribution in [0.15, 0.2) is 24.3 Å². The van der Waals surface area contributed by atoms with E-state index in [-0.39, 0.29) is 0 Å². The predicted molar refractivity (Wildman–Crippen MR) is 71.2 cm³/mol. The summed E-state index contributed by atoms with van der Waals surface area (Å²) in [6.45, 7) is 6.45. The molecule has 1 aliphatic heterocycles. The van der Waals surface area contributed by atoms with Crippen LogP contribution in [-0.4, -0.2) is 31.1 Å². The maximum atomic E-state index is 5.82. The summed E-state index contributed by atoms with van der Waals surface area (Å²) in [6, 6.07) is 7.68. The van der Waals surface area contributed by atoms with Gasteiger partial charge in [-0.2, -0.15) is 0 Å². The molecule has 1 saturated heterocycles. The number of rotatable bonds is 5. The first-order valence-electron chi connectivity index (χ1n) is 6.49. The van der Waals surface area contributed by atoms with Gasteiger partial charge in [0.05, 0.1) is 5.69 Å². The Balaban J connectivity index is 1.72. The first kappa shape index (κ1) is 12.2. The van der Waals surface area contributed by atoms with E-state index in [9.17, 15) is 0 Å². The highest BCUT2D eigenvalue weighted by atomic mass is 16.5. The van der Waals surface area contributed by atoms with Crippen LogP contribution in [0, 0.1) is 5.92 Å². The van der Waals surface area contributed by atoms with Crippen molar-refractivity contribution >= 4 is 5.69 Å². The number of benzene rings is 1. The van der Waals surface area contributed by atoms with Gasteiger partial charge in [-0.05, 0) is 31.0 Å². The third-order valence-corrected chi connectivity index (χ3v) is 3.53. The summed E-state index contributed by atoms with van der Waals surface area (Å²) in [5, 5.41) is 0. The van der Waals surface area contributed by atoms with Crippen molar-refractivity contribution in [3.63, 3.8) is 0 Å². The molecule has 1 aromatic carbocycles. The maximum Gasteiger partial charge on any atom is 0.142 e. The molecular formula is C14H22N2O. The fourth-order valence-corrected chi connectivity index (χ4v) is 2.35. The van der Waals surface area contributed by atoms with Gasteiger partial charge in [0.25, 0.3) is 0 Å². The number of hydrogen-bond donors (Lipinski definition) is 1. The summed E-state index contributed by atoms with van der Waals surface area (Å²) in [5.74, 6) is 1.69. The van der Waals surface area contributed by atoms with Crippen molar-refractivity contribution in [1.29, 1.82) is 0 Å². The maximum absolute atomic E-state index is 5.82. The predicted octanol–water partition coefficient (Wildman–Crippen LogP) is 2.38. The number of nitrogens with zero attached hydrogens (tertiary/aromatic N) is 1. The third kappa shape index (κ3) is 3.37. The van der Waals surface area contributed by atoms with Crippen molar-refractivity contribution in [3.8, 4) is 5.75 Å². The van der Waals surface area contributed by atoms with E-state index in [1.165, 1.54) is 25.9 Å². The molecule has 0 spiro atoms. The van der Waals surface area contributed by atoms with Crippen LogP contribution in [0.3, 0.4) is 0 Å². The molecule has 94 valence electrons. The highest BCUT2D eigenvalue weighted by Crippen LogP contribution is 2.21. The first-order valence-corrected chi connectivity index (χ1v) is 6.49. The van der Waals surface area contributed by atoms with Gasteiger partial charge in [0.15, 0.2) is 0 Å². The first-order chi connectivity index (χ1) is 8.29. The van der Waals surface area contributed by atoms with E-state index in [0.29, 0.717) is 0 Å². The Bertz CT molecular complexity index is 354. The average Bonchev–Trinajstić information content (AvgIpc) is 2.80. The SMILES string of the molecule is CCC1CCN(CCOc2ccccc2N)C1. The zero-order valence-electron chi connectivity index (χ0n) is 10.6. The lowest BCUT2D eigenvalue weighted by atomic mass is 10.1. The van der Waals surface area contributed by atoms with Crippen molar-refractivity contribution in [3.05, 3.63) is 24.3 Å². The normalized spacial score (nSPS) is 20.6. The molecule has 2 rings (SSSR count). The average molecular weight is 234 g/mol. The lowest BCUT2D eigenvalue weighted by molar-refractivity contribution is 0.233. The van der Waals surface area contributed by atoms with Crippen LogP contribution in [-0.2, 0) is 0 Å². The van der Waals surface area contributed by atoms with E-state index in [1.807, 2.05) is 24.3 Å². The third-order valence-electron chi connectivity index (χ3n) is 3.53. The summed E-state index contributed by atoms with van der Waals surface area (Å²) >= 11 is 0. The van der Waals surface area contributed by atoms with E-state index in [4.69, 9.17) is 10.5 Å². The minimum absolute atomic E-state index is 0.723. The minimum Gasteiger partial charge on any atom is -0.490 e. The van der Waals surface area contributed by atoms with Crippen LogP contribution in [0.4, 0.5) is 5.69 Å². The highest BCUT2D eigenvalue weighted by Gasteiger charge is 2.20. The highest BCUT2D eigenvalue weighted by molar-refractivity contribution is 5.51. The minimum atomic E-state index is 0.723. The molecule has 1 heterocycles. The molecule has 0 radical (unpaired) electrons. The van der Waals surface area contributed by atoms with E-state index < -0.39 is 0 Å². The molecule has 0 aromatic heterocycles. The molecule has 1 fully saturated rings. The van der Waals surface area contributed by atoms with E-state index in [0.717, 1.165) is 30.5 Å². The van der Waals surface area contributed by atoms with Crippen molar-refractivity contribution in [2.75, 3.05) is 32.0 Å². The molecule has 0 aliphatic carbocycles. The second-order valence-electron chi connectivity index (χ2n) is 4.75. The molecular weight excluding hydrogens is 212 g/mol. The van der Waals surface area contributed by atoms with Gasteiger partial charge < -0.3 is 10.5 Å². The smallest absolute Gasteiger partial charge is 0.142 e. The van der Waals surface area contributed by atoms with Gasteiger partial charge in [0.2, 0.25) is 0 Å². The Kier molecular flexibility index (Phi) is 4.26. The number of hydrogen-bond acceptors (Lipinski definition) is 3. The Morgan fingerprint density at radius 3 is 2.94 bits per heavy atom. The van der Waals surface area contributed by atoms with Crippen molar-refractivity contribution in [2.24, 2.45) is 5.92 Å². The molecule has 0 amide bonds. The molecule has 1 aliphatic rings. The zero-order valence-corrected chi connectivity index (χ0v) is 10.6. The van der Waals surface area contributed by atoms with Crippen LogP contribution < -0.4 is 10.5 Å². The summed E-state index contributed by atoms with van der Waals surface area (Å²) in [4.78, 5) is 2.48. The molecule has 3 nitrogen and oxygen atoms in total. The molecule has 17 heavy (non-hydrogen) atoms. The summed E-state index contributed by atoms with van der Waals surface area (Å²) in [6.07, 6.45) is 2.63. The fourth-order valence-electron chi connectivity index (χ4n) is 2.35. The molecule has 2 N–H and O–H groups in total. The van der Waals surface area contributed by atoms with Crippen LogP contribution >= 0.6 is 0 Å². The lowest BCUT2D eigenvalue weighted by Gasteiger charge is -2.16. The Hall–Kier alpha value is -1.22.